The van der Waals surface area contributed by atoms with E-state index in [-0.39, 0.29) is 15.6 Å². The fourth-order valence-corrected chi connectivity index (χ4v) is 1.74. The Bertz CT molecular complexity index is 390. The summed E-state index contributed by atoms with van der Waals surface area (Å²) in [5, 5.41) is 4.22. The van der Waals surface area contributed by atoms with Gasteiger partial charge in [0.2, 0.25) is 0 Å². The number of rotatable bonds is 6. The van der Waals surface area contributed by atoms with Gasteiger partial charge in [0.05, 0.1) is 11.2 Å². The third kappa shape index (κ3) is 3.80. The maximum absolute atomic E-state index is 11.6. The summed E-state index contributed by atoms with van der Waals surface area (Å²) in [6.45, 7) is 2.78. The molecule has 0 bridgehead atoms. The zero-order valence-electron chi connectivity index (χ0n) is 9.38. The molecular weight excluding hydrogens is 247 g/mol. The zero-order valence-corrected chi connectivity index (χ0v) is 10.9. The summed E-state index contributed by atoms with van der Waals surface area (Å²) >= 11 is 11.4. The van der Waals surface area contributed by atoms with Gasteiger partial charge in [0.25, 0.3) is 5.56 Å². The minimum Gasteiger partial charge on any atom is -0.266 e. The first kappa shape index (κ1) is 13.5. The molecule has 0 saturated heterocycles. The highest BCUT2D eigenvalue weighted by Gasteiger charge is 2.06. The molecule has 0 amide bonds. The van der Waals surface area contributed by atoms with Gasteiger partial charge in [-0.25, -0.2) is 4.68 Å². The number of hydrogen-bond acceptors (Lipinski definition) is 2. The minimum atomic E-state index is -0.301. The van der Waals surface area contributed by atoms with E-state index in [1.807, 2.05) is 0 Å². The molecule has 3 nitrogen and oxygen atoms in total. The van der Waals surface area contributed by atoms with Crippen molar-refractivity contribution in [3.05, 3.63) is 26.6 Å². The summed E-state index contributed by atoms with van der Waals surface area (Å²) in [5.41, 5.74) is -0.301. The standard InChI is InChI=1S/C11H16Cl2N2O/c1-2-3-4-5-6-7-15-11(16)10(13)9(12)8-14-15/h8H,2-7H2,1H3. The molecule has 1 aromatic rings. The number of unbranched alkanes of at least 4 members (excludes halogenated alkanes) is 4. The lowest BCUT2D eigenvalue weighted by molar-refractivity contribution is 0.513. The fourth-order valence-electron chi connectivity index (χ4n) is 1.47. The van der Waals surface area contributed by atoms with Crippen LogP contribution >= 0.6 is 23.2 Å². The van der Waals surface area contributed by atoms with Crippen LogP contribution in [0.3, 0.4) is 0 Å². The molecule has 0 aliphatic carbocycles. The Morgan fingerprint density at radius 1 is 1.25 bits per heavy atom. The van der Waals surface area contributed by atoms with Crippen molar-refractivity contribution in [3.63, 3.8) is 0 Å². The van der Waals surface area contributed by atoms with E-state index in [1.165, 1.54) is 30.1 Å². The van der Waals surface area contributed by atoms with Crippen molar-refractivity contribution in [2.45, 2.75) is 45.6 Å². The predicted octanol–water partition coefficient (Wildman–Crippen LogP) is 3.52. The van der Waals surface area contributed by atoms with Crippen LogP contribution in [0.1, 0.15) is 39.0 Å². The van der Waals surface area contributed by atoms with Crippen molar-refractivity contribution >= 4 is 23.2 Å². The van der Waals surface area contributed by atoms with E-state index in [9.17, 15) is 4.79 Å². The van der Waals surface area contributed by atoms with Gasteiger partial charge >= 0.3 is 0 Å². The van der Waals surface area contributed by atoms with Crippen LogP contribution in [0.2, 0.25) is 10.0 Å². The van der Waals surface area contributed by atoms with E-state index in [0.717, 1.165) is 12.8 Å². The van der Waals surface area contributed by atoms with Gasteiger partial charge in [-0.2, -0.15) is 5.10 Å². The average molecular weight is 263 g/mol. The van der Waals surface area contributed by atoms with Crippen LogP contribution in [-0.4, -0.2) is 9.78 Å². The summed E-state index contributed by atoms with van der Waals surface area (Å²) in [6.07, 6.45) is 7.13. The van der Waals surface area contributed by atoms with Crippen molar-refractivity contribution < 1.29 is 0 Å². The molecular formula is C11H16Cl2N2O. The van der Waals surface area contributed by atoms with Crippen LogP contribution in [-0.2, 0) is 6.54 Å². The van der Waals surface area contributed by atoms with E-state index in [2.05, 4.69) is 12.0 Å². The highest BCUT2D eigenvalue weighted by molar-refractivity contribution is 6.41. The Kier molecular flexibility index (Phi) is 5.85. The van der Waals surface area contributed by atoms with E-state index < -0.39 is 0 Å². The maximum atomic E-state index is 11.6. The summed E-state index contributed by atoms with van der Waals surface area (Å²) < 4.78 is 1.38. The largest absolute Gasteiger partial charge is 0.287 e. The predicted molar refractivity (Wildman–Crippen MR) is 67.3 cm³/mol. The van der Waals surface area contributed by atoms with Crippen molar-refractivity contribution in [1.29, 1.82) is 0 Å². The van der Waals surface area contributed by atoms with Gasteiger partial charge in [-0.3, -0.25) is 4.79 Å². The second-order valence-corrected chi connectivity index (χ2v) is 4.53. The number of halogens is 2. The Hall–Kier alpha value is -0.540. The molecule has 0 saturated carbocycles. The normalized spacial score (nSPS) is 10.7. The van der Waals surface area contributed by atoms with Gasteiger partial charge in [-0.15, -0.1) is 0 Å². The molecule has 0 unspecified atom stereocenters. The molecule has 1 rings (SSSR count). The number of aromatic nitrogens is 2. The molecule has 0 aliphatic heterocycles. The molecule has 0 N–H and O–H groups in total. The molecule has 0 radical (unpaired) electrons. The van der Waals surface area contributed by atoms with Crippen molar-refractivity contribution in [3.8, 4) is 0 Å². The zero-order chi connectivity index (χ0) is 12.0. The molecule has 0 aromatic carbocycles. The lowest BCUT2D eigenvalue weighted by atomic mass is 10.1. The molecule has 5 heteroatoms. The van der Waals surface area contributed by atoms with Crippen LogP contribution in [0.25, 0.3) is 0 Å². The van der Waals surface area contributed by atoms with Gasteiger partial charge in [-0.05, 0) is 6.42 Å². The highest BCUT2D eigenvalue weighted by atomic mass is 35.5. The third-order valence-electron chi connectivity index (χ3n) is 2.42. The fraction of sp³-hybridized carbons (Fsp3) is 0.636. The highest BCUT2D eigenvalue weighted by Crippen LogP contribution is 2.14. The van der Waals surface area contributed by atoms with E-state index in [0.29, 0.717) is 6.54 Å². The lowest BCUT2D eigenvalue weighted by Crippen LogP contribution is -2.23. The maximum Gasteiger partial charge on any atom is 0.287 e. The van der Waals surface area contributed by atoms with Gasteiger partial charge in [0.1, 0.15) is 5.02 Å². The van der Waals surface area contributed by atoms with Crippen LogP contribution < -0.4 is 5.56 Å². The number of hydrogen-bond donors (Lipinski definition) is 0. The SMILES string of the molecule is CCCCCCCn1ncc(Cl)c(Cl)c1=O. The van der Waals surface area contributed by atoms with Gasteiger partial charge in [0.15, 0.2) is 0 Å². The lowest BCUT2D eigenvalue weighted by Gasteiger charge is -2.05. The Balaban J connectivity index is 2.49. The first-order chi connectivity index (χ1) is 7.66. The second kappa shape index (κ2) is 6.92. The topological polar surface area (TPSA) is 34.9 Å². The smallest absolute Gasteiger partial charge is 0.266 e. The monoisotopic (exact) mass is 262 g/mol. The summed E-state index contributed by atoms with van der Waals surface area (Å²) in [4.78, 5) is 11.6. The first-order valence-corrected chi connectivity index (χ1v) is 6.33. The number of nitrogens with zero attached hydrogens (tertiary/aromatic N) is 2. The average Bonchev–Trinajstić information content (AvgIpc) is 2.28. The van der Waals surface area contributed by atoms with Gasteiger partial charge in [0, 0.05) is 6.54 Å². The van der Waals surface area contributed by atoms with Crippen molar-refractivity contribution in [2.24, 2.45) is 0 Å². The molecule has 0 atom stereocenters. The van der Waals surface area contributed by atoms with Gasteiger partial charge in [-0.1, -0.05) is 55.8 Å². The molecule has 16 heavy (non-hydrogen) atoms. The van der Waals surface area contributed by atoms with Gasteiger partial charge < -0.3 is 0 Å². The molecule has 1 heterocycles. The Labute approximate surface area is 105 Å². The Morgan fingerprint density at radius 2 is 1.94 bits per heavy atom. The van der Waals surface area contributed by atoms with Crippen molar-refractivity contribution in [2.75, 3.05) is 0 Å². The molecule has 0 aliphatic rings. The third-order valence-corrected chi connectivity index (χ3v) is 3.16. The van der Waals surface area contributed by atoms with Crippen LogP contribution in [0, 0.1) is 0 Å². The van der Waals surface area contributed by atoms with Crippen LogP contribution in [0.4, 0.5) is 0 Å². The Morgan fingerprint density at radius 3 is 2.62 bits per heavy atom. The summed E-state index contributed by atoms with van der Waals surface area (Å²) in [7, 11) is 0. The van der Waals surface area contributed by atoms with Crippen molar-refractivity contribution in [1.82, 2.24) is 9.78 Å². The molecule has 0 fully saturated rings. The minimum absolute atomic E-state index is 0.0604. The van der Waals surface area contributed by atoms with E-state index >= 15 is 0 Å². The quantitative estimate of drug-likeness (QED) is 0.736. The summed E-state index contributed by atoms with van der Waals surface area (Å²) in [5.74, 6) is 0. The summed E-state index contributed by atoms with van der Waals surface area (Å²) in [6, 6.07) is 0. The molecule has 0 spiro atoms. The molecule has 90 valence electrons. The molecule has 1 aromatic heterocycles. The van der Waals surface area contributed by atoms with Crippen LogP contribution in [0.15, 0.2) is 11.0 Å². The van der Waals surface area contributed by atoms with Crippen LogP contribution in [0.5, 0.6) is 0 Å². The number of aryl methyl sites for hydroxylation is 1. The first-order valence-electron chi connectivity index (χ1n) is 5.58. The van der Waals surface area contributed by atoms with E-state index in [4.69, 9.17) is 23.2 Å². The van der Waals surface area contributed by atoms with E-state index in [1.54, 1.807) is 0 Å². The second-order valence-electron chi connectivity index (χ2n) is 3.75.